The largest absolute Gasteiger partial charge is 0.479 e. The summed E-state index contributed by atoms with van der Waals surface area (Å²) in [6.07, 6.45) is 3.48. The van der Waals surface area contributed by atoms with Crippen molar-refractivity contribution in [2.75, 3.05) is 0 Å². The molecule has 2 atom stereocenters. The molecule has 0 saturated heterocycles. The number of hydrogen-bond acceptors (Lipinski definition) is 2. The molecule has 0 heterocycles. The maximum absolute atomic E-state index is 10.3. The molecule has 0 aliphatic heterocycles. The quantitative estimate of drug-likeness (QED) is 0.642. The van der Waals surface area contributed by atoms with Crippen LogP contribution < -0.4 is 0 Å². The van der Waals surface area contributed by atoms with Gasteiger partial charge in [-0.05, 0) is 18.8 Å². The zero-order chi connectivity index (χ0) is 10.3. The van der Waals surface area contributed by atoms with Crippen LogP contribution in [0.5, 0.6) is 0 Å². The van der Waals surface area contributed by atoms with Crippen molar-refractivity contribution in [1.82, 2.24) is 0 Å². The summed E-state index contributed by atoms with van der Waals surface area (Å²) in [5.41, 5.74) is 0. The van der Waals surface area contributed by atoms with Crippen LogP contribution in [0.2, 0.25) is 0 Å². The minimum Gasteiger partial charge on any atom is -0.479 e. The first-order valence-corrected chi connectivity index (χ1v) is 4.98. The van der Waals surface area contributed by atoms with Crippen molar-refractivity contribution in [3.63, 3.8) is 0 Å². The molecule has 0 amide bonds. The second kappa shape index (κ2) is 6.89. The van der Waals surface area contributed by atoms with Gasteiger partial charge >= 0.3 is 5.97 Å². The van der Waals surface area contributed by atoms with Gasteiger partial charge in [0.05, 0.1) is 0 Å². The molecule has 0 aromatic rings. The van der Waals surface area contributed by atoms with E-state index < -0.39 is 12.1 Å². The Bertz CT molecular complexity index is 145. The molecular weight excluding hydrogens is 168 g/mol. The maximum Gasteiger partial charge on any atom is 0.332 e. The number of unbranched alkanes of at least 4 members (excludes halogenated alkanes) is 1. The highest BCUT2D eigenvalue weighted by Crippen LogP contribution is 2.15. The third-order valence-electron chi connectivity index (χ3n) is 2.27. The number of carboxylic acid groups (broad SMARTS) is 1. The second-order valence-electron chi connectivity index (χ2n) is 3.68. The molecule has 0 radical (unpaired) electrons. The summed E-state index contributed by atoms with van der Waals surface area (Å²) >= 11 is 0. The molecule has 0 fully saturated rings. The zero-order valence-corrected chi connectivity index (χ0v) is 8.49. The fourth-order valence-electron chi connectivity index (χ4n) is 1.26. The van der Waals surface area contributed by atoms with Crippen molar-refractivity contribution < 1.29 is 15.0 Å². The Morgan fingerprint density at radius 2 is 1.92 bits per heavy atom. The molecule has 3 nitrogen and oxygen atoms in total. The molecule has 0 aromatic heterocycles. The molecular formula is C10H20O3. The van der Waals surface area contributed by atoms with Crippen molar-refractivity contribution >= 4 is 5.97 Å². The van der Waals surface area contributed by atoms with Gasteiger partial charge in [-0.15, -0.1) is 0 Å². The number of aliphatic carboxylic acids is 1. The highest BCUT2D eigenvalue weighted by atomic mass is 16.4. The van der Waals surface area contributed by atoms with Gasteiger partial charge in [0.1, 0.15) is 0 Å². The van der Waals surface area contributed by atoms with Crippen molar-refractivity contribution in [1.29, 1.82) is 0 Å². The Morgan fingerprint density at radius 3 is 2.38 bits per heavy atom. The van der Waals surface area contributed by atoms with E-state index in [1.54, 1.807) is 0 Å². The van der Waals surface area contributed by atoms with Crippen LogP contribution >= 0.6 is 0 Å². The fraction of sp³-hybridized carbons (Fsp3) is 0.900. The average Bonchev–Trinajstić information content (AvgIpc) is 2.10. The molecule has 0 bridgehead atoms. The first kappa shape index (κ1) is 12.4. The standard InChI is InChI=1S/C10H20O3/c1-3-4-5-8(2)6-7-9(11)10(12)13/h8-9,11H,3-7H2,1-2H3,(H,12,13). The lowest BCUT2D eigenvalue weighted by Crippen LogP contribution is -2.19. The topological polar surface area (TPSA) is 57.5 Å². The summed E-state index contributed by atoms with van der Waals surface area (Å²) in [4.78, 5) is 10.3. The van der Waals surface area contributed by atoms with Crippen LogP contribution in [0.3, 0.4) is 0 Å². The van der Waals surface area contributed by atoms with Gasteiger partial charge in [0.25, 0.3) is 0 Å². The summed E-state index contributed by atoms with van der Waals surface area (Å²) in [6, 6.07) is 0. The lowest BCUT2D eigenvalue weighted by molar-refractivity contribution is -0.147. The molecule has 0 rings (SSSR count). The van der Waals surface area contributed by atoms with Crippen molar-refractivity contribution in [2.45, 2.75) is 52.1 Å². The van der Waals surface area contributed by atoms with E-state index in [1.807, 2.05) is 0 Å². The van der Waals surface area contributed by atoms with E-state index in [0.29, 0.717) is 12.3 Å². The Hall–Kier alpha value is -0.570. The van der Waals surface area contributed by atoms with E-state index in [-0.39, 0.29) is 0 Å². The van der Waals surface area contributed by atoms with Gasteiger partial charge in [0.2, 0.25) is 0 Å². The van der Waals surface area contributed by atoms with E-state index in [0.717, 1.165) is 12.8 Å². The van der Waals surface area contributed by atoms with E-state index in [9.17, 15) is 4.79 Å². The molecule has 2 N–H and O–H groups in total. The third kappa shape index (κ3) is 6.58. The second-order valence-corrected chi connectivity index (χ2v) is 3.68. The summed E-state index contributed by atoms with van der Waals surface area (Å²) in [5.74, 6) is -0.586. The van der Waals surface area contributed by atoms with E-state index in [2.05, 4.69) is 13.8 Å². The minimum absolute atomic E-state index is 0.375. The molecule has 0 spiro atoms. The summed E-state index contributed by atoms with van der Waals surface area (Å²) in [6.45, 7) is 4.24. The monoisotopic (exact) mass is 188 g/mol. The molecule has 0 aliphatic rings. The zero-order valence-electron chi connectivity index (χ0n) is 8.49. The van der Waals surface area contributed by atoms with E-state index in [4.69, 9.17) is 10.2 Å². The van der Waals surface area contributed by atoms with Gasteiger partial charge in [-0.1, -0.05) is 33.1 Å². The van der Waals surface area contributed by atoms with Crippen molar-refractivity contribution in [3.8, 4) is 0 Å². The van der Waals surface area contributed by atoms with Gasteiger partial charge in [0, 0.05) is 0 Å². The normalized spacial score (nSPS) is 15.3. The predicted octanol–water partition coefficient (Wildman–Crippen LogP) is 2.04. The number of rotatable bonds is 7. The lowest BCUT2D eigenvalue weighted by atomic mass is 9.97. The van der Waals surface area contributed by atoms with Crippen LogP contribution in [0, 0.1) is 5.92 Å². The van der Waals surface area contributed by atoms with Gasteiger partial charge in [-0.3, -0.25) is 0 Å². The van der Waals surface area contributed by atoms with Crippen molar-refractivity contribution in [2.24, 2.45) is 5.92 Å². The summed E-state index contributed by atoms with van der Waals surface area (Å²) < 4.78 is 0. The van der Waals surface area contributed by atoms with Crippen molar-refractivity contribution in [3.05, 3.63) is 0 Å². The smallest absolute Gasteiger partial charge is 0.332 e. The number of aliphatic hydroxyl groups is 1. The van der Waals surface area contributed by atoms with Gasteiger partial charge in [-0.25, -0.2) is 4.79 Å². The number of hydrogen-bond donors (Lipinski definition) is 2. The van der Waals surface area contributed by atoms with Crippen LogP contribution in [0.1, 0.15) is 46.0 Å². The number of aliphatic hydroxyl groups excluding tert-OH is 1. The Morgan fingerprint density at radius 1 is 1.31 bits per heavy atom. The van der Waals surface area contributed by atoms with Gasteiger partial charge in [-0.2, -0.15) is 0 Å². The molecule has 0 saturated carbocycles. The molecule has 2 unspecified atom stereocenters. The maximum atomic E-state index is 10.3. The summed E-state index contributed by atoms with van der Waals surface area (Å²) in [5, 5.41) is 17.4. The van der Waals surface area contributed by atoms with E-state index in [1.165, 1.54) is 12.8 Å². The Labute approximate surface area is 79.8 Å². The Balaban J connectivity index is 3.45. The molecule has 78 valence electrons. The molecule has 0 aliphatic carbocycles. The van der Waals surface area contributed by atoms with Crippen LogP contribution in [0.4, 0.5) is 0 Å². The van der Waals surface area contributed by atoms with Crippen LogP contribution in [0.25, 0.3) is 0 Å². The first-order chi connectivity index (χ1) is 6.07. The van der Waals surface area contributed by atoms with Gasteiger partial charge in [0.15, 0.2) is 6.10 Å². The van der Waals surface area contributed by atoms with Gasteiger partial charge < -0.3 is 10.2 Å². The third-order valence-corrected chi connectivity index (χ3v) is 2.27. The first-order valence-electron chi connectivity index (χ1n) is 4.98. The number of carbonyl (C=O) groups is 1. The molecule has 0 aromatic carbocycles. The lowest BCUT2D eigenvalue weighted by Gasteiger charge is -2.11. The van der Waals surface area contributed by atoms with Crippen LogP contribution in [0.15, 0.2) is 0 Å². The van der Waals surface area contributed by atoms with Crippen LogP contribution in [-0.4, -0.2) is 22.3 Å². The summed E-state index contributed by atoms with van der Waals surface area (Å²) in [7, 11) is 0. The van der Waals surface area contributed by atoms with Crippen LogP contribution in [-0.2, 0) is 4.79 Å². The Kier molecular flexibility index (Phi) is 6.59. The minimum atomic E-state index is -1.18. The van der Waals surface area contributed by atoms with E-state index >= 15 is 0 Å². The fourth-order valence-corrected chi connectivity index (χ4v) is 1.26. The predicted molar refractivity (Wildman–Crippen MR) is 51.6 cm³/mol. The molecule has 13 heavy (non-hydrogen) atoms. The SMILES string of the molecule is CCCCC(C)CCC(O)C(=O)O. The highest BCUT2D eigenvalue weighted by molar-refractivity contribution is 5.71. The number of carboxylic acids is 1. The molecule has 3 heteroatoms. The average molecular weight is 188 g/mol. The highest BCUT2D eigenvalue weighted by Gasteiger charge is 2.13.